The molecule has 0 unspecified atom stereocenters. The smallest absolute Gasteiger partial charge is 0.357 e. The van der Waals surface area contributed by atoms with Gasteiger partial charge in [0.2, 0.25) is 0 Å². The first-order chi connectivity index (χ1) is 13.6. The van der Waals surface area contributed by atoms with Crippen LogP contribution in [0.2, 0.25) is 5.02 Å². The molecule has 0 aliphatic heterocycles. The highest BCUT2D eigenvalue weighted by atomic mass is 35.5. The molecule has 1 saturated carbocycles. The zero-order valence-corrected chi connectivity index (χ0v) is 15.7. The molecule has 1 aliphatic carbocycles. The number of para-hydroxylation sites is 1. The van der Waals surface area contributed by atoms with Crippen molar-refractivity contribution in [1.29, 1.82) is 0 Å². The van der Waals surface area contributed by atoms with Crippen LogP contribution in [0, 0.1) is 0 Å². The van der Waals surface area contributed by atoms with Crippen molar-refractivity contribution >= 4 is 29.2 Å². The van der Waals surface area contributed by atoms with Gasteiger partial charge in [-0.3, -0.25) is 4.79 Å². The summed E-state index contributed by atoms with van der Waals surface area (Å²) in [4.78, 5) is 24.7. The van der Waals surface area contributed by atoms with Gasteiger partial charge in [-0.05, 0) is 55.3 Å². The highest BCUT2D eigenvalue weighted by molar-refractivity contribution is 6.30. The molecular weight excluding hydrogens is 378 g/mol. The van der Waals surface area contributed by atoms with E-state index in [1.54, 1.807) is 35.0 Å². The molecule has 0 spiro atoms. The third-order valence-electron chi connectivity index (χ3n) is 4.40. The molecule has 7 heteroatoms. The Morgan fingerprint density at radius 2 is 1.82 bits per heavy atom. The second-order valence-electron chi connectivity index (χ2n) is 6.61. The van der Waals surface area contributed by atoms with Crippen molar-refractivity contribution in [2.75, 3.05) is 11.9 Å². The van der Waals surface area contributed by atoms with E-state index in [9.17, 15) is 9.59 Å². The summed E-state index contributed by atoms with van der Waals surface area (Å²) in [7, 11) is 0. The standard InChI is InChI=1S/C21H18ClN3O3/c22-15-8-10-16(11-9-15)23-20(26)13-28-21(27)19-12-18(14-6-7-14)24-25(19)17-4-2-1-3-5-17/h1-5,8-12,14H,6-7,13H2,(H,23,26). The van der Waals surface area contributed by atoms with Gasteiger partial charge < -0.3 is 10.1 Å². The molecule has 1 aromatic heterocycles. The number of rotatable bonds is 6. The molecule has 0 bridgehead atoms. The first-order valence-corrected chi connectivity index (χ1v) is 9.36. The van der Waals surface area contributed by atoms with Gasteiger partial charge in [0.05, 0.1) is 11.4 Å². The molecule has 6 nitrogen and oxygen atoms in total. The van der Waals surface area contributed by atoms with E-state index in [1.807, 2.05) is 30.3 Å². The number of anilines is 1. The number of hydrogen-bond donors (Lipinski definition) is 1. The van der Waals surface area contributed by atoms with Crippen LogP contribution in [-0.4, -0.2) is 28.3 Å². The summed E-state index contributed by atoms with van der Waals surface area (Å²) in [6, 6.07) is 17.8. The van der Waals surface area contributed by atoms with Crippen LogP contribution in [0.1, 0.15) is 34.9 Å². The van der Waals surface area contributed by atoms with E-state index in [0.29, 0.717) is 22.3 Å². The van der Waals surface area contributed by atoms with Gasteiger partial charge >= 0.3 is 5.97 Å². The van der Waals surface area contributed by atoms with Crippen LogP contribution < -0.4 is 5.32 Å². The number of esters is 1. The normalized spacial score (nSPS) is 13.2. The summed E-state index contributed by atoms with van der Waals surface area (Å²) in [6.45, 7) is -0.389. The number of nitrogens with one attached hydrogen (secondary N) is 1. The molecule has 1 N–H and O–H groups in total. The van der Waals surface area contributed by atoms with Crippen molar-refractivity contribution in [3.8, 4) is 5.69 Å². The molecule has 28 heavy (non-hydrogen) atoms. The van der Waals surface area contributed by atoms with Crippen LogP contribution in [0.25, 0.3) is 5.69 Å². The maximum absolute atomic E-state index is 12.6. The lowest BCUT2D eigenvalue weighted by molar-refractivity contribution is -0.119. The van der Waals surface area contributed by atoms with E-state index < -0.39 is 11.9 Å². The number of carbonyl (C=O) groups is 2. The molecule has 1 heterocycles. The minimum Gasteiger partial charge on any atom is -0.451 e. The van der Waals surface area contributed by atoms with Crippen molar-refractivity contribution in [1.82, 2.24) is 9.78 Å². The van der Waals surface area contributed by atoms with Gasteiger partial charge in [-0.2, -0.15) is 5.10 Å². The first kappa shape index (κ1) is 18.3. The zero-order valence-electron chi connectivity index (χ0n) is 15.0. The van der Waals surface area contributed by atoms with E-state index in [0.717, 1.165) is 24.2 Å². The van der Waals surface area contributed by atoms with Gasteiger partial charge in [0.1, 0.15) is 0 Å². The lowest BCUT2D eigenvalue weighted by Crippen LogP contribution is -2.22. The Bertz CT molecular complexity index is 995. The molecule has 1 amide bonds. The highest BCUT2D eigenvalue weighted by Crippen LogP contribution is 2.39. The molecule has 0 saturated heterocycles. The number of nitrogens with zero attached hydrogens (tertiary/aromatic N) is 2. The maximum atomic E-state index is 12.6. The van der Waals surface area contributed by atoms with Gasteiger partial charge in [0.15, 0.2) is 12.3 Å². The van der Waals surface area contributed by atoms with Gasteiger partial charge in [-0.1, -0.05) is 29.8 Å². The molecule has 0 atom stereocenters. The molecular formula is C21H18ClN3O3. The second-order valence-corrected chi connectivity index (χ2v) is 7.04. The van der Waals surface area contributed by atoms with Crippen LogP contribution in [-0.2, 0) is 9.53 Å². The fourth-order valence-electron chi connectivity index (χ4n) is 2.82. The summed E-state index contributed by atoms with van der Waals surface area (Å²) in [5.41, 5.74) is 2.54. The van der Waals surface area contributed by atoms with Gasteiger partial charge in [0.25, 0.3) is 5.91 Å². The lowest BCUT2D eigenvalue weighted by Gasteiger charge is -2.08. The Kier molecular flexibility index (Phi) is 5.12. The van der Waals surface area contributed by atoms with Gasteiger partial charge in [-0.15, -0.1) is 0 Å². The fraction of sp³-hybridized carbons (Fsp3) is 0.190. The Morgan fingerprint density at radius 3 is 2.50 bits per heavy atom. The summed E-state index contributed by atoms with van der Waals surface area (Å²) in [5.74, 6) is -0.622. The van der Waals surface area contributed by atoms with E-state index in [4.69, 9.17) is 16.3 Å². The minimum absolute atomic E-state index is 0.312. The molecule has 4 rings (SSSR count). The van der Waals surface area contributed by atoms with E-state index in [-0.39, 0.29) is 6.61 Å². The summed E-state index contributed by atoms with van der Waals surface area (Å²) in [6.07, 6.45) is 2.15. The van der Waals surface area contributed by atoms with Crippen molar-refractivity contribution < 1.29 is 14.3 Å². The Morgan fingerprint density at radius 1 is 1.11 bits per heavy atom. The highest BCUT2D eigenvalue weighted by Gasteiger charge is 2.29. The van der Waals surface area contributed by atoms with Crippen molar-refractivity contribution in [2.45, 2.75) is 18.8 Å². The molecule has 3 aromatic rings. The number of hydrogen-bond acceptors (Lipinski definition) is 4. The predicted molar refractivity (Wildman–Crippen MR) is 106 cm³/mol. The van der Waals surface area contributed by atoms with E-state index in [2.05, 4.69) is 10.4 Å². The number of benzene rings is 2. The van der Waals surface area contributed by atoms with E-state index in [1.165, 1.54) is 0 Å². The van der Waals surface area contributed by atoms with Gasteiger partial charge in [-0.25, -0.2) is 9.48 Å². The van der Waals surface area contributed by atoms with Crippen molar-refractivity contribution in [3.63, 3.8) is 0 Å². The third kappa shape index (κ3) is 4.23. The van der Waals surface area contributed by atoms with Crippen molar-refractivity contribution in [2.24, 2.45) is 0 Å². The van der Waals surface area contributed by atoms with Crippen LogP contribution in [0.5, 0.6) is 0 Å². The van der Waals surface area contributed by atoms with Crippen LogP contribution in [0.15, 0.2) is 60.7 Å². The Labute approximate surface area is 167 Å². The van der Waals surface area contributed by atoms with Crippen LogP contribution in [0.4, 0.5) is 5.69 Å². The average Bonchev–Trinajstić information content (AvgIpc) is 3.47. The quantitative estimate of drug-likeness (QED) is 0.635. The number of aromatic nitrogens is 2. The molecule has 0 radical (unpaired) electrons. The number of carbonyl (C=O) groups excluding carboxylic acids is 2. The average molecular weight is 396 g/mol. The van der Waals surface area contributed by atoms with Gasteiger partial charge in [0, 0.05) is 16.6 Å². The Balaban J connectivity index is 1.45. The molecule has 1 fully saturated rings. The number of ether oxygens (including phenoxy) is 1. The predicted octanol–water partition coefficient (Wildman–Crippen LogP) is 4.20. The fourth-order valence-corrected chi connectivity index (χ4v) is 2.95. The topological polar surface area (TPSA) is 73.2 Å². The summed E-state index contributed by atoms with van der Waals surface area (Å²) >= 11 is 5.82. The molecule has 1 aliphatic rings. The summed E-state index contributed by atoms with van der Waals surface area (Å²) in [5, 5.41) is 7.80. The first-order valence-electron chi connectivity index (χ1n) is 8.98. The lowest BCUT2D eigenvalue weighted by atomic mass is 10.2. The summed E-state index contributed by atoms with van der Waals surface area (Å²) < 4.78 is 6.80. The number of halogens is 1. The second kappa shape index (κ2) is 7.86. The minimum atomic E-state index is -0.588. The molecule has 142 valence electrons. The molecule has 2 aromatic carbocycles. The van der Waals surface area contributed by atoms with Crippen LogP contribution >= 0.6 is 11.6 Å². The third-order valence-corrected chi connectivity index (χ3v) is 4.65. The monoisotopic (exact) mass is 395 g/mol. The number of amides is 1. The van der Waals surface area contributed by atoms with E-state index >= 15 is 0 Å². The Hall–Kier alpha value is -3.12. The van der Waals surface area contributed by atoms with Crippen molar-refractivity contribution in [3.05, 3.63) is 77.1 Å². The SMILES string of the molecule is O=C(COC(=O)c1cc(C2CC2)nn1-c1ccccc1)Nc1ccc(Cl)cc1. The largest absolute Gasteiger partial charge is 0.451 e. The van der Waals surface area contributed by atoms with Crippen LogP contribution in [0.3, 0.4) is 0 Å². The maximum Gasteiger partial charge on any atom is 0.357 e. The zero-order chi connectivity index (χ0) is 19.5.